The van der Waals surface area contributed by atoms with Gasteiger partial charge in [-0.05, 0) is 87.8 Å². The highest BCUT2D eigenvalue weighted by molar-refractivity contribution is 5.99. The number of hydrogen-bond acceptors (Lipinski definition) is 3. The Morgan fingerprint density at radius 3 is 2.54 bits per heavy atom. The molecule has 6 rings (SSSR count). The molecule has 4 fully saturated rings. The highest BCUT2D eigenvalue weighted by atomic mass is 16.2. The number of rotatable bonds is 3. The molecule has 0 radical (unpaired) electrons. The van der Waals surface area contributed by atoms with Crippen molar-refractivity contribution >= 4 is 22.7 Å². The van der Waals surface area contributed by atoms with Crippen molar-refractivity contribution in [1.29, 1.82) is 0 Å². The Bertz CT molecular complexity index is 880. The van der Waals surface area contributed by atoms with E-state index >= 15 is 0 Å². The predicted molar refractivity (Wildman–Crippen MR) is 102 cm³/mol. The molecule has 2 aromatic rings. The minimum Gasteiger partial charge on any atom is -0.329 e. The zero-order valence-corrected chi connectivity index (χ0v) is 15.5. The molecule has 5 nitrogen and oxygen atoms in total. The lowest BCUT2D eigenvalue weighted by molar-refractivity contribution is 0.0942. The fraction of sp³-hybridized carbons (Fsp3) is 0.571. The van der Waals surface area contributed by atoms with E-state index in [2.05, 4.69) is 27.0 Å². The number of fused-ring (bicyclic) bond motifs is 1. The summed E-state index contributed by atoms with van der Waals surface area (Å²) < 4.78 is 2.16. The minimum absolute atomic E-state index is 0.128. The molecule has 0 saturated heterocycles. The van der Waals surface area contributed by atoms with E-state index in [0.29, 0.717) is 17.4 Å². The lowest BCUT2D eigenvalue weighted by Crippen LogP contribution is -2.46. The van der Waals surface area contributed by atoms with Gasteiger partial charge in [-0.3, -0.25) is 4.79 Å². The number of aromatic nitrogens is 2. The SMILES string of the molecule is CCn1c(C)nc2cc(C(=O)NN=C3C4CC5CC(C4)CC3C5)ccc21. The summed E-state index contributed by atoms with van der Waals surface area (Å²) in [4.78, 5) is 17.2. The maximum absolute atomic E-state index is 12.6. The largest absolute Gasteiger partial charge is 0.329 e. The Hall–Kier alpha value is -2.17. The molecule has 1 amide bonds. The van der Waals surface area contributed by atoms with Gasteiger partial charge < -0.3 is 4.57 Å². The van der Waals surface area contributed by atoms with Gasteiger partial charge in [0.15, 0.2) is 0 Å². The third kappa shape index (κ3) is 2.48. The van der Waals surface area contributed by atoms with Gasteiger partial charge in [-0.2, -0.15) is 5.10 Å². The van der Waals surface area contributed by atoms with Crippen molar-refractivity contribution in [1.82, 2.24) is 15.0 Å². The molecule has 4 aliphatic rings. The van der Waals surface area contributed by atoms with Crippen LogP contribution in [-0.2, 0) is 6.54 Å². The van der Waals surface area contributed by atoms with E-state index in [-0.39, 0.29) is 5.91 Å². The molecule has 1 heterocycles. The van der Waals surface area contributed by atoms with E-state index in [1.54, 1.807) is 0 Å². The molecular weight excluding hydrogens is 324 g/mol. The summed E-state index contributed by atoms with van der Waals surface area (Å²) in [7, 11) is 0. The molecular formula is C21H26N4O. The fourth-order valence-corrected chi connectivity index (χ4v) is 5.82. The van der Waals surface area contributed by atoms with Crippen LogP contribution in [-0.4, -0.2) is 21.2 Å². The van der Waals surface area contributed by atoms with Crippen LogP contribution in [0.25, 0.3) is 11.0 Å². The van der Waals surface area contributed by atoms with Gasteiger partial charge >= 0.3 is 0 Å². The topological polar surface area (TPSA) is 59.3 Å². The molecule has 1 aromatic carbocycles. The summed E-state index contributed by atoms with van der Waals surface area (Å²) in [6.45, 7) is 4.99. The van der Waals surface area contributed by atoms with Crippen LogP contribution < -0.4 is 5.43 Å². The first kappa shape index (κ1) is 16.0. The molecule has 0 spiro atoms. The van der Waals surface area contributed by atoms with Crippen molar-refractivity contribution in [2.45, 2.75) is 52.5 Å². The van der Waals surface area contributed by atoms with Crippen LogP contribution in [0.15, 0.2) is 23.3 Å². The second-order valence-electron chi connectivity index (χ2n) is 8.39. The summed E-state index contributed by atoms with van der Waals surface area (Å²) in [6.07, 6.45) is 6.54. The summed E-state index contributed by atoms with van der Waals surface area (Å²) >= 11 is 0. The Labute approximate surface area is 153 Å². The molecule has 1 N–H and O–H groups in total. The van der Waals surface area contributed by atoms with E-state index in [9.17, 15) is 4.79 Å². The number of aryl methyl sites for hydroxylation is 2. The number of nitrogens with one attached hydrogen (secondary N) is 1. The molecule has 26 heavy (non-hydrogen) atoms. The summed E-state index contributed by atoms with van der Waals surface area (Å²) in [5.41, 5.74) is 6.69. The van der Waals surface area contributed by atoms with Crippen molar-refractivity contribution in [2.24, 2.45) is 28.8 Å². The molecule has 4 saturated carbocycles. The van der Waals surface area contributed by atoms with Crippen molar-refractivity contribution in [3.63, 3.8) is 0 Å². The van der Waals surface area contributed by atoms with Crippen molar-refractivity contribution in [2.75, 3.05) is 0 Å². The summed E-state index contributed by atoms with van der Waals surface area (Å²) in [5.74, 6) is 3.89. The third-order valence-corrected chi connectivity index (χ3v) is 6.78. The van der Waals surface area contributed by atoms with E-state index in [1.165, 1.54) is 37.8 Å². The van der Waals surface area contributed by atoms with Crippen molar-refractivity contribution < 1.29 is 4.79 Å². The molecule has 5 heteroatoms. The highest BCUT2D eigenvalue weighted by Gasteiger charge is 2.46. The number of benzene rings is 1. The van der Waals surface area contributed by atoms with Crippen molar-refractivity contribution in [3.05, 3.63) is 29.6 Å². The van der Waals surface area contributed by atoms with Crippen LogP contribution in [0.2, 0.25) is 0 Å². The monoisotopic (exact) mass is 350 g/mol. The number of imidazole rings is 1. The second kappa shape index (κ2) is 5.93. The Morgan fingerprint density at radius 1 is 1.19 bits per heavy atom. The molecule has 0 aliphatic heterocycles. The normalized spacial score (nSPS) is 29.4. The van der Waals surface area contributed by atoms with Crippen LogP contribution in [0.1, 0.15) is 55.2 Å². The zero-order valence-electron chi connectivity index (χ0n) is 15.5. The molecule has 0 atom stereocenters. The quantitative estimate of drug-likeness (QED) is 0.853. The number of hydrogen-bond donors (Lipinski definition) is 1. The fourth-order valence-electron chi connectivity index (χ4n) is 5.82. The standard InChI is InChI=1S/C21H26N4O/c1-3-25-12(2)22-18-11-15(4-5-19(18)25)21(26)24-23-20-16-7-13-6-14(9-16)10-17(20)8-13/h4-5,11,13-14,16-17H,3,6-10H2,1-2H3,(H,24,26). The Balaban J connectivity index is 1.36. The Morgan fingerprint density at radius 2 is 1.88 bits per heavy atom. The van der Waals surface area contributed by atoms with Crippen LogP contribution in [0, 0.1) is 30.6 Å². The molecule has 4 aliphatic carbocycles. The van der Waals surface area contributed by atoms with Gasteiger partial charge in [-0.1, -0.05) is 0 Å². The van der Waals surface area contributed by atoms with Crippen LogP contribution in [0.5, 0.6) is 0 Å². The average molecular weight is 350 g/mol. The van der Waals surface area contributed by atoms with Gasteiger partial charge in [0.25, 0.3) is 5.91 Å². The maximum atomic E-state index is 12.6. The first-order valence-corrected chi connectivity index (χ1v) is 9.97. The maximum Gasteiger partial charge on any atom is 0.271 e. The van der Waals surface area contributed by atoms with Gasteiger partial charge in [0, 0.05) is 17.8 Å². The number of carbonyl (C=O) groups is 1. The van der Waals surface area contributed by atoms with Gasteiger partial charge in [0.2, 0.25) is 0 Å². The average Bonchev–Trinajstić information content (AvgIpc) is 2.94. The van der Waals surface area contributed by atoms with E-state index < -0.39 is 0 Å². The van der Waals surface area contributed by atoms with Crippen LogP contribution in [0.4, 0.5) is 0 Å². The lowest BCUT2D eigenvalue weighted by Gasteiger charge is -2.50. The summed E-state index contributed by atoms with van der Waals surface area (Å²) in [6, 6.07) is 5.74. The Kier molecular flexibility index (Phi) is 3.66. The van der Waals surface area contributed by atoms with Gasteiger partial charge in [-0.15, -0.1) is 0 Å². The second-order valence-corrected chi connectivity index (χ2v) is 8.39. The first-order valence-electron chi connectivity index (χ1n) is 9.97. The number of amides is 1. The van der Waals surface area contributed by atoms with E-state index in [1.807, 2.05) is 25.1 Å². The molecule has 136 valence electrons. The minimum atomic E-state index is -0.128. The molecule has 1 aromatic heterocycles. The van der Waals surface area contributed by atoms with Crippen LogP contribution >= 0.6 is 0 Å². The van der Waals surface area contributed by atoms with Gasteiger partial charge in [0.1, 0.15) is 5.82 Å². The molecule has 4 bridgehead atoms. The lowest BCUT2D eigenvalue weighted by atomic mass is 9.55. The predicted octanol–water partition coefficient (Wildman–Crippen LogP) is 3.91. The van der Waals surface area contributed by atoms with Crippen molar-refractivity contribution in [3.8, 4) is 0 Å². The van der Waals surface area contributed by atoms with Gasteiger partial charge in [0.05, 0.1) is 11.0 Å². The van der Waals surface area contributed by atoms with Crippen LogP contribution in [0.3, 0.4) is 0 Å². The number of carbonyl (C=O) groups excluding carboxylic acids is 1. The van der Waals surface area contributed by atoms with E-state index in [4.69, 9.17) is 0 Å². The smallest absolute Gasteiger partial charge is 0.271 e. The highest BCUT2D eigenvalue weighted by Crippen LogP contribution is 2.52. The number of nitrogens with zero attached hydrogens (tertiary/aromatic N) is 3. The molecule has 0 unspecified atom stereocenters. The summed E-state index contributed by atoms with van der Waals surface area (Å²) in [5, 5.41) is 4.61. The zero-order chi connectivity index (χ0) is 17.8. The van der Waals surface area contributed by atoms with Gasteiger partial charge in [-0.25, -0.2) is 10.4 Å². The number of hydrazone groups is 1. The first-order chi connectivity index (χ1) is 12.6. The van der Waals surface area contributed by atoms with E-state index in [0.717, 1.165) is 35.2 Å². The third-order valence-electron chi connectivity index (χ3n) is 6.78.